The summed E-state index contributed by atoms with van der Waals surface area (Å²) >= 11 is 1.88. The number of anilines is 1. The molecule has 0 saturated heterocycles. The molecule has 2 N–H and O–H groups in total. The van der Waals surface area contributed by atoms with Crippen LogP contribution in [0.1, 0.15) is 18.9 Å². The summed E-state index contributed by atoms with van der Waals surface area (Å²) in [6.45, 7) is 4.58. The fourth-order valence-electron chi connectivity index (χ4n) is 1.95. The van der Waals surface area contributed by atoms with Crippen LogP contribution in [0.3, 0.4) is 0 Å². The Morgan fingerprint density at radius 1 is 1.47 bits per heavy atom. The van der Waals surface area contributed by atoms with Crippen molar-refractivity contribution in [2.24, 2.45) is 0 Å². The Morgan fingerprint density at radius 2 is 2.27 bits per heavy atom. The van der Waals surface area contributed by atoms with Gasteiger partial charge in [-0.05, 0) is 31.9 Å². The lowest BCUT2D eigenvalue weighted by atomic mass is 10.1. The Morgan fingerprint density at radius 3 is 3.00 bits per heavy atom. The highest BCUT2D eigenvalue weighted by Crippen LogP contribution is 2.40. The van der Waals surface area contributed by atoms with E-state index in [-0.39, 0.29) is 6.61 Å². The molecule has 0 saturated carbocycles. The van der Waals surface area contributed by atoms with Gasteiger partial charge in [-0.15, -0.1) is 11.8 Å². The minimum Gasteiger partial charge on any atom is -0.396 e. The van der Waals surface area contributed by atoms with Gasteiger partial charge in [0.2, 0.25) is 0 Å². The number of para-hydroxylation sites is 1. The number of aliphatic hydroxyl groups excluding tert-OH is 1. The minimum atomic E-state index is 0.269. The second-order valence-electron chi connectivity index (χ2n) is 4.05. The second kappa shape index (κ2) is 4.45. The fraction of sp³-hybridized carbons (Fsp3) is 0.500. The number of aliphatic hydroxyl groups is 1. The van der Waals surface area contributed by atoms with Crippen LogP contribution >= 0.6 is 11.8 Å². The highest BCUT2D eigenvalue weighted by molar-refractivity contribution is 8.00. The largest absolute Gasteiger partial charge is 0.396 e. The quantitative estimate of drug-likeness (QED) is 0.808. The van der Waals surface area contributed by atoms with Crippen LogP contribution in [0.2, 0.25) is 0 Å². The van der Waals surface area contributed by atoms with Gasteiger partial charge in [-0.25, -0.2) is 0 Å². The van der Waals surface area contributed by atoms with Gasteiger partial charge >= 0.3 is 0 Å². The monoisotopic (exact) mass is 223 g/mol. The molecule has 2 rings (SSSR count). The molecule has 2 nitrogen and oxygen atoms in total. The van der Waals surface area contributed by atoms with Crippen molar-refractivity contribution < 1.29 is 5.11 Å². The summed E-state index contributed by atoms with van der Waals surface area (Å²) in [7, 11) is 0. The molecule has 82 valence electrons. The van der Waals surface area contributed by atoms with Crippen molar-refractivity contribution in [1.82, 2.24) is 0 Å². The number of benzene rings is 1. The number of nitrogens with one attached hydrogen (secondary N) is 1. The van der Waals surface area contributed by atoms with Gasteiger partial charge in [-0.2, -0.15) is 0 Å². The molecule has 15 heavy (non-hydrogen) atoms. The van der Waals surface area contributed by atoms with E-state index in [1.807, 2.05) is 11.8 Å². The second-order valence-corrected chi connectivity index (χ2v) is 5.33. The third-order valence-corrected chi connectivity index (χ3v) is 4.40. The summed E-state index contributed by atoms with van der Waals surface area (Å²) in [5.41, 5.74) is 2.57. The van der Waals surface area contributed by atoms with Gasteiger partial charge in [0.05, 0.1) is 5.69 Å². The van der Waals surface area contributed by atoms with Crippen molar-refractivity contribution in [3.63, 3.8) is 0 Å². The summed E-state index contributed by atoms with van der Waals surface area (Å²) in [6.07, 6.45) is 0.853. The molecule has 1 aromatic carbocycles. The van der Waals surface area contributed by atoms with Crippen molar-refractivity contribution in [3.05, 3.63) is 23.8 Å². The van der Waals surface area contributed by atoms with Crippen molar-refractivity contribution in [3.8, 4) is 0 Å². The summed E-state index contributed by atoms with van der Waals surface area (Å²) in [5.74, 6) is 0. The molecule has 0 bridgehead atoms. The summed E-state index contributed by atoms with van der Waals surface area (Å²) < 4.78 is 0. The normalized spacial score (nSPS) is 24.5. The SMILES string of the molecule is Cc1cccc2c1NC(C)C(CCO)S2. The zero-order chi connectivity index (χ0) is 10.8. The standard InChI is InChI=1S/C12H17NOS/c1-8-4-3-5-11-12(8)13-9(2)10(15-11)6-7-14/h3-5,9-10,13-14H,6-7H2,1-2H3. The maximum atomic E-state index is 9.00. The summed E-state index contributed by atoms with van der Waals surface area (Å²) in [6, 6.07) is 6.80. The molecule has 0 aromatic heterocycles. The first-order valence-electron chi connectivity index (χ1n) is 5.36. The van der Waals surface area contributed by atoms with Crippen LogP contribution in [0.25, 0.3) is 0 Å². The van der Waals surface area contributed by atoms with Gasteiger partial charge < -0.3 is 10.4 Å². The Bertz CT molecular complexity index is 353. The van der Waals surface area contributed by atoms with Gasteiger partial charge in [-0.1, -0.05) is 12.1 Å². The molecule has 2 atom stereocenters. The number of thioether (sulfide) groups is 1. The van der Waals surface area contributed by atoms with Gasteiger partial charge in [0, 0.05) is 22.8 Å². The Labute approximate surface area is 95.1 Å². The highest BCUT2D eigenvalue weighted by Gasteiger charge is 2.25. The Balaban J connectivity index is 2.25. The van der Waals surface area contributed by atoms with Crippen molar-refractivity contribution in [2.75, 3.05) is 11.9 Å². The van der Waals surface area contributed by atoms with E-state index in [9.17, 15) is 0 Å². The summed E-state index contributed by atoms with van der Waals surface area (Å²) in [5, 5.41) is 13.0. The van der Waals surface area contributed by atoms with E-state index in [4.69, 9.17) is 5.11 Å². The van der Waals surface area contributed by atoms with Crippen LogP contribution in [-0.2, 0) is 0 Å². The molecule has 0 spiro atoms. The molecule has 1 heterocycles. The topological polar surface area (TPSA) is 32.3 Å². The van der Waals surface area contributed by atoms with Gasteiger partial charge in [0.25, 0.3) is 0 Å². The zero-order valence-corrected chi connectivity index (χ0v) is 9.97. The average Bonchev–Trinajstić information content (AvgIpc) is 2.21. The molecule has 1 aromatic rings. The fourth-order valence-corrected chi connectivity index (χ4v) is 3.26. The number of rotatable bonds is 2. The minimum absolute atomic E-state index is 0.269. The van der Waals surface area contributed by atoms with Crippen LogP contribution in [0.5, 0.6) is 0 Å². The van der Waals surface area contributed by atoms with E-state index in [1.54, 1.807) is 0 Å². The van der Waals surface area contributed by atoms with E-state index >= 15 is 0 Å². The van der Waals surface area contributed by atoms with Crippen molar-refractivity contribution >= 4 is 17.4 Å². The van der Waals surface area contributed by atoms with E-state index in [0.29, 0.717) is 11.3 Å². The Hall–Kier alpha value is -0.670. The first-order valence-corrected chi connectivity index (χ1v) is 6.24. The molecule has 2 unspecified atom stereocenters. The number of hydrogen-bond acceptors (Lipinski definition) is 3. The van der Waals surface area contributed by atoms with Crippen molar-refractivity contribution in [1.29, 1.82) is 0 Å². The van der Waals surface area contributed by atoms with E-state index < -0.39 is 0 Å². The molecule has 0 amide bonds. The average molecular weight is 223 g/mol. The maximum Gasteiger partial charge on any atom is 0.0510 e. The van der Waals surface area contributed by atoms with Crippen LogP contribution < -0.4 is 5.32 Å². The molecular formula is C12H17NOS. The number of aryl methyl sites for hydroxylation is 1. The van der Waals surface area contributed by atoms with Gasteiger partial charge in [0.15, 0.2) is 0 Å². The lowest BCUT2D eigenvalue weighted by Crippen LogP contribution is -2.32. The smallest absolute Gasteiger partial charge is 0.0510 e. The molecule has 0 radical (unpaired) electrons. The van der Waals surface area contributed by atoms with E-state index in [1.165, 1.54) is 16.1 Å². The van der Waals surface area contributed by atoms with Crippen molar-refractivity contribution in [2.45, 2.75) is 36.5 Å². The lowest BCUT2D eigenvalue weighted by Gasteiger charge is -2.32. The van der Waals surface area contributed by atoms with Gasteiger partial charge in [0.1, 0.15) is 0 Å². The summed E-state index contributed by atoms with van der Waals surface area (Å²) in [4.78, 5) is 1.31. The van der Waals surface area contributed by atoms with Crippen LogP contribution in [-0.4, -0.2) is 23.0 Å². The predicted molar refractivity (Wildman–Crippen MR) is 65.6 cm³/mol. The third kappa shape index (κ3) is 2.13. The highest BCUT2D eigenvalue weighted by atomic mass is 32.2. The first-order chi connectivity index (χ1) is 7.22. The van der Waals surface area contributed by atoms with Crippen LogP contribution in [0.15, 0.2) is 23.1 Å². The number of fused-ring (bicyclic) bond motifs is 1. The molecule has 0 aliphatic carbocycles. The van der Waals surface area contributed by atoms with E-state index in [0.717, 1.165) is 6.42 Å². The van der Waals surface area contributed by atoms with E-state index in [2.05, 4.69) is 37.4 Å². The molecule has 3 heteroatoms. The van der Waals surface area contributed by atoms with Crippen LogP contribution in [0.4, 0.5) is 5.69 Å². The first kappa shape index (κ1) is 10.8. The molecule has 0 fully saturated rings. The molecule has 1 aliphatic rings. The third-order valence-electron chi connectivity index (χ3n) is 2.86. The number of hydrogen-bond donors (Lipinski definition) is 2. The predicted octanol–water partition coefficient (Wildman–Crippen LogP) is 2.65. The maximum absolute atomic E-state index is 9.00. The molecule has 1 aliphatic heterocycles. The zero-order valence-electron chi connectivity index (χ0n) is 9.16. The van der Waals surface area contributed by atoms with Crippen LogP contribution in [0, 0.1) is 6.92 Å². The Kier molecular flexibility index (Phi) is 3.22. The van der Waals surface area contributed by atoms with Gasteiger partial charge in [-0.3, -0.25) is 0 Å². The molecular weight excluding hydrogens is 206 g/mol. The lowest BCUT2D eigenvalue weighted by molar-refractivity contribution is 0.284.